The first-order valence-electron chi connectivity index (χ1n) is 7.53. The number of nitrogens with one attached hydrogen (secondary N) is 1. The highest BCUT2D eigenvalue weighted by Crippen LogP contribution is 2.31. The third-order valence-electron chi connectivity index (χ3n) is 3.61. The number of nitrogens with zero attached hydrogens (tertiary/aromatic N) is 2. The molecule has 0 amide bonds. The summed E-state index contributed by atoms with van der Waals surface area (Å²) in [5.41, 5.74) is -0.616. The standard InChI is InChI=1S/C15H25N3O2S/c1-5-20-13(19)15(3,17-12-6-7-12)10-11(2)21-14-16-8-9-18(14)4/h8-9,11-12,17H,5-7,10H2,1-4H3. The maximum absolute atomic E-state index is 12.3. The summed E-state index contributed by atoms with van der Waals surface area (Å²) in [5, 5.41) is 4.70. The Hall–Kier alpha value is -1.01. The number of carbonyl (C=O) groups is 1. The van der Waals surface area contributed by atoms with Crippen molar-refractivity contribution in [3.63, 3.8) is 0 Å². The number of hydrogen-bond acceptors (Lipinski definition) is 5. The van der Waals surface area contributed by atoms with Crippen molar-refractivity contribution in [1.82, 2.24) is 14.9 Å². The number of hydrogen-bond donors (Lipinski definition) is 1. The Morgan fingerprint density at radius 2 is 2.38 bits per heavy atom. The molecule has 2 atom stereocenters. The number of thioether (sulfide) groups is 1. The lowest BCUT2D eigenvalue weighted by Crippen LogP contribution is -2.52. The minimum absolute atomic E-state index is 0.149. The largest absolute Gasteiger partial charge is 0.465 e. The third kappa shape index (κ3) is 4.48. The molecule has 1 aliphatic rings. The summed E-state index contributed by atoms with van der Waals surface area (Å²) in [6.07, 6.45) is 6.75. The number of aryl methyl sites for hydroxylation is 1. The van der Waals surface area contributed by atoms with Crippen LogP contribution in [0.3, 0.4) is 0 Å². The molecule has 0 spiro atoms. The molecule has 1 heterocycles. The van der Waals surface area contributed by atoms with Crippen molar-refractivity contribution in [2.75, 3.05) is 6.61 Å². The molecule has 0 radical (unpaired) electrons. The van der Waals surface area contributed by atoms with Gasteiger partial charge in [0.05, 0.1) is 6.61 Å². The van der Waals surface area contributed by atoms with E-state index in [4.69, 9.17) is 4.74 Å². The zero-order valence-electron chi connectivity index (χ0n) is 13.3. The number of imidazole rings is 1. The molecule has 0 saturated heterocycles. The smallest absolute Gasteiger partial charge is 0.326 e. The predicted molar refractivity (Wildman–Crippen MR) is 84.3 cm³/mol. The minimum atomic E-state index is -0.616. The van der Waals surface area contributed by atoms with Crippen LogP contribution in [-0.4, -0.2) is 39.0 Å². The van der Waals surface area contributed by atoms with Gasteiger partial charge in [0.25, 0.3) is 0 Å². The van der Waals surface area contributed by atoms with Crippen molar-refractivity contribution >= 4 is 17.7 Å². The van der Waals surface area contributed by atoms with Gasteiger partial charge in [-0.2, -0.15) is 0 Å². The molecule has 1 N–H and O–H groups in total. The van der Waals surface area contributed by atoms with Crippen LogP contribution in [0.5, 0.6) is 0 Å². The third-order valence-corrected chi connectivity index (χ3v) is 4.78. The number of aromatic nitrogens is 2. The SMILES string of the molecule is CCOC(=O)C(C)(CC(C)Sc1nccn1C)NC1CC1. The molecule has 0 bridgehead atoms. The van der Waals surface area contributed by atoms with E-state index in [0.717, 1.165) is 24.4 Å². The molecule has 5 nitrogen and oxygen atoms in total. The molecule has 2 unspecified atom stereocenters. The fourth-order valence-corrected chi connectivity index (χ4v) is 3.56. The molecule has 1 fully saturated rings. The molecule has 21 heavy (non-hydrogen) atoms. The summed E-state index contributed by atoms with van der Waals surface area (Å²) in [4.78, 5) is 16.6. The van der Waals surface area contributed by atoms with E-state index in [1.807, 2.05) is 31.7 Å². The van der Waals surface area contributed by atoms with Crippen molar-refractivity contribution in [3.05, 3.63) is 12.4 Å². The van der Waals surface area contributed by atoms with E-state index in [2.05, 4.69) is 17.2 Å². The molecule has 2 rings (SSSR count). The lowest BCUT2D eigenvalue weighted by Gasteiger charge is -2.31. The minimum Gasteiger partial charge on any atom is -0.465 e. The topological polar surface area (TPSA) is 56.1 Å². The van der Waals surface area contributed by atoms with Crippen LogP contribution in [0.4, 0.5) is 0 Å². The van der Waals surface area contributed by atoms with Crippen molar-refractivity contribution in [2.45, 2.75) is 62.0 Å². The monoisotopic (exact) mass is 311 g/mol. The van der Waals surface area contributed by atoms with Crippen LogP contribution in [0.2, 0.25) is 0 Å². The van der Waals surface area contributed by atoms with Crippen molar-refractivity contribution in [1.29, 1.82) is 0 Å². The van der Waals surface area contributed by atoms with Crippen LogP contribution in [0.15, 0.2) is 17.6 Å². The van der Waals surface area contributed by atoms with Crippen LogP contribution in [0.25, 0.3) is 0 Å². The second-order valence-electron chi connectivity index (χ2n) is 5.92. The molecule has 0 aromatic carbocycles. The Balaban J connectivity index is 1.99. The zero-order valence-corrected chi connectivity index (χ0v) is 14.1. The number of ether oxygens (including phenoxy) is 1. The second kappa shape index (κ2) is 6.83. The van der Waals surface area contributed by atoms with Gasteiger partial charge in [-0.05, 0) is 33.1 Å². The fourth-order valence-electron chi connectivity index (χ4n) is 2.43. The quantitative estimate of drug-likeness (QED) is 0.590. The first-order chi connectivity index (χ1) is 9.94. The highest BCUT2D eigenvalue weighted by Gasteiger charge is 2.40. The molecule has 0 aliphatic heterocycles. The van der Waals surface area contributed by atoms with Gasteiger partial charge in [-0.25, -0.2) is 4.98 Å². The summed E-state index contributed by atoms with van der Waals surface area (Å²) in [6, 6.07) is 0.463. The number of carbonyl (C=O) groups excluding carboxylic acids is 1. The van der Waals surface area contributed by atoms with E-state index in [0.29, 0.717) is 12.6 Å². The second-order valence-corrected chi connectivity index (χ2v) is 7.33. The Labute approximate surface area is 130 Å². The Kier molecular flexibility index (Phi) is 5.32. The van der Waals surface area contributed by atoms with Gasteiger partial charge in [0, 0.05) is 30.7 Å². The molecule has 118 valence electrons. The van der Waals surface area contributed by atoms with E-state index in [-0.39, 0.29) is 11.2 Å². The molecular weight excluding hydrogens is 286 g/mol. The van der Waals surface area contributed by atoms with E-state index < -0.39 is 5.54 Å². The summed E-state index contributed by atoms with van der Waals surface area (Å²) in [7, 11) is 1.98. The highest BCUT2D eigenvalue weighted by atomic mass is 32.2. The number of rotatable bonds is 8. The van der Waals surface area contributed by atoms with Gasteiger partial charge in [0.1, 0.15) is 5.54 Å². The van der Waals surface area contributed by atoms with Crippen LogP contribution >= 0.6 is 11.8 Å². The molecule has 6 heteroatoms. The van der Waals surface area contributed by atoms with Gasteiger partial charge in [0.2, 0.25) is 0 Å². The Morgan fingerprint density at radius 1 is 1.67 bits per heavy atom. The van der Waals surface area contributed by atoms with E-state index in [1.165, 1.54) is 0 Å². The van der Waals surface area contributed by atoms with Crippen LogP contribution in [0.1, 0.15) is 40.0 Å². The van der Waals surface area contributed by atoms with Crippen LogP contribution in [-0.2, 0) is 16.6 Å². The molecule has 1 aromatic rings. The first kappa shape index (κ1) is 16.4. The van der Waals surface area contributed by atoms with Crippen molar-refractivity contribution in [2.24, 2.45) is 7.05 Å². The van der Waals surface area contributed by atoms with Crippen molar-refractivity contribution < 1.29 is 9.53 Å². The summed E-state index contributed by atoms with van der Waals surface area (Å²) in [6.45, 7) is 6.35. The summed E-state index contributed by atoms with van der Waals surface area (Å²) >= 11 is 1.69. The van der Waals surface area contributed by atoms with Gasteiger partial charge < -0.3 is 9.30 Å². The van der Waals surface area contributed by atoms with Gasteiger partial charge in [-0.1, -0.05) is 18.7 Å². The lowest BCUT2D eigenvalue weighted by atomic mass is 9.95. The normalized spacial score (nSPS) is 19.0. The van der Waals surface area contributed by atoms with E-state index in [1.54, 1.807) is 18.0 Å². The highest BCUT2D eigenvalue weighted by molar-refractivity contribution is 7.99. The molecular formula is C15H25N3O2S. The molecule has 1 saturated carbocycles. The zero-order chi connectivity index (χ0) is 15.5. The van der Waals surface area contributed by atoms with Gasteiger partial charge in [-0.15, -0.1) is 0 Å². The van der Waals surface area contributed by atoms with Crippen LogP contribution < -0.4 is 5.32 Å². The Bertz CT molecular complexity index is 487. The maximum atomic E-state index is 12.3. The van der Waals surface area contributed by atoms with E-state index in [9.17, 15) is 4.79 Å². The number of esters is 1. The first-order valence-corrected chi connectivity index (χ1v) is 8.41. The van der Waals surface area contributed by atoms with Gasteiger partial charge in [0.15, 0.2) is 5.16 Å². The summed E-state index contributed by atoms with van der Waals surface area (Å²) in [5.74, 6) is -0.149. The average molecular weight is 311 g/mol. The molecule has 1 aliphatic carbocycles. The molecule has 1 aromatic heterocycles. The van der Waals surface area contributed by atoms with Crippen LogP contribution in [0, 0.1) is 0 Å². The van der Waals surface area contributed by atoms with Gasteiger partial charge in [-0.3, -0.25) is 10.1 Å². The van der Waals surface area contributed by atoms with Crippen molar-refractivity contribution in [3.8, 4) is 0 Å². The summed E-state index contributed by atoms with van der Waals surface area (Å²) < 4.78 is 7.26. The predicted octanol–water partition coefficient (Wildman–Crippen LogP) is 2.36. The maximum Gasteiger partial charge on any atom is 0.326 e. The van der Waals surface area contributed by atoms with E-state index >= 15 is 0 Å². The average Bonchev–Trinajstić information content (AvgIpc) is 3.12. The van der Waals surface area contributed by atoms with Gasteiger partial charge >= 0.3 is 5.97 Å². The Morgan fingerprint density at radius 3 is 2.90 bits per heavy atom. The fraction of sp³-hybridized carbons (Fsp3) is 0.733. The lowest BCUT2D eigenvalue weighted by molar-refractivity contribution is -0.150.